The standard InChI is InChI=1S/C23H25ClN2O3/c1-28-21-8-5-15(11-22(21)29-2)17(13-23(27)26-9-3-4-10-26)19-14-25-20-7-6-16(24)12-18(19)20/h5-8,11-12,14,17,25H,3-4,9-10,13H2,1-2H3/t17-/m1/s1. The molecule has 2 heterocycles. The molecular weight excluding hydrogens is 388 g/mol. The number of aromatic amines is 1. The number of fused-ring (bicyclic) bond motifs is 1. The van der Waals surface area contributed by atoms with Gasteiger partial charge in [0.05, 0.1) is 14.2 Å². The number of methoxy groups -OCH3 is 2. The second-order valence-electron chi connectivity index (χ2n) is 7.39. The van der Waals surface area contributed by atoms with E-state index in [0.29, 0.717) is 22.9 Å². The highest BCUT2D eigenvalue weighted by atomic mass is 35.5. The van der Waals surface area contributed by atoms with Crippen LogP contribution in [0.1, 0.15) is 36.3 Å². The summed E-state index contributed by atoms with van der Waals surface area (Å²) in [7, 11) is 3.24. The minimum atomic E-state index is -0.116. The van der Waals surface area contributed by atoms with Crippen LogP contribution in [0.15, 0.2) is 42.6 Å². The van der Waals surface area contributed by atoms with Gasteiger partial charge in [0.15, 0.2) is 11.5 Å². The average molecular weight is 413 g/mol. The maximum atomic E-state index is 13.0. The SMILES string of the molecule is COc1ccc([C@@H](CC(=O)N2CCCC2)c2c[nH]c3ccc(Cl)cc23)cc1OC. The van der Waals surface area contributed by atoms with Crippen molar-refractivity contribution < 1.29 is 14.3 Å². The quantitative estimate of drug-likeness (QED) is 0.621. The highest BCUT2D eigenvalue weighted by molar-refractivity contribution is 6.31. The molecule has 5 nitrogen and oxygen atoms in total. The van der Waals surface area contributed by atoms with Crippen molar-refractivity contribution in [1.29, 1.82) is 0 Å². The molecular formula is C23H25ClN2O3. The second-order valence-corrected chi connectivity index (χ2v) is 7.83. The van der Waals surface area contributed by atoms with Gasteiger partial charge in [0.2, 0.25) is 5.91 Å². The van der Waals surface area contributed by atoms with Crippen molar-refractivity contribution in [2.75, 3.05) is 27.3 Å². The number of benzene rings is 2. The van der Waals surface area contributed by atoms with Gasteiger partial charge >= 0.3 is 0 Å². The van der Waals surface area contributed by atoms with Crippen molar-refractivity contribution in [2.24, 2.45) is 0 Å². The van der Waals surface area contributed by atoms with E-state index in [9.17, 15) is 4.79 Å². The van der Waals surface area contributed by atoms with Gasteiger partial charge in [-0.1, -0.05) is 17.7 Å². The van der Waals surface area contributed by atoms with E-state index >= 15 is 0 Å². The summed E-state index contributed by atoms with van der Waals surface area (Å²) in [6.07, 6.45) is 4.54. The largest absolute Gasteiger partial charge is 0.493 e. The van der Waals surface area contributed by atoms with E-state index in [4.69, 9.17) is 21.1 Å². The number of rotatable bonds is 6. The summed E-state index contributed by atoms with van der Waals surface area (Å²) in [5.41, 5.74) is 3.07. The van der Waals surface area contributed by atoms with Crippen molar-refractivity contribution in [3.63, 3.8) is 0 Å². The molecule has 0 aliphatic carbocycles. The van der Waals surface area contributed by atoms with E-state index in [2.05, 4.69) is 4.98 Å². The van der Waals surface area contributed by atoms with Gasteiger partial charge in [-0.3, -0.25) is 4.79 Å². The summed E-state index contributed by atoms with van der Waals surface area (Å²) in [6, 6.07) is 11.6. The molecule has 1 aromatic heterocycles. The van der Waals surface area contributed by atoms with Crippen molar-refractivity contribution >= 4 is 28.4 Å². The number of carbonyl (C=O) groups excluding carboxylic acids is 1. The number of hydrogen-bond donors (Lipinski definition) is 1. The first kappa shape index (κ1) is 19.6. The van der Waals surface area contributed by atoms with E-state index in [0.717, 1.165) is 48.0 Å². The Morgan fingerprint density at radius 2 is 1.86 bits per heavy atom. The molecule has 1 fully saturated rings. The number of nitrogens with zero attached hydrogens (tertiary/aromatic N) is 1. The van der Waals surface area contributed by atoms with E-state index in [-0.39, 0.29) is 11.8 Å². The van der Waals surface area contributed by atoms with Crippen LogP contribution in [0.4, 0.5) is 0 Å². The summed E-state index contributed by atoms with van der Waals surface area (Å²) in [5, 5.41) is 1.71. The number of carbonyl (C=O) groups is 1. The number of halogens is 1. The first-order chi connectivity index (χ1) is 14.1. The molecule has 1 aliphatic rings. The maximum absolute atomic E-state index is 13.0. The Kier molecular flexibility index (Phi) is 5.67. The molecule has 0 radical (unpaired) electrons. The maximum Gasteiger partial charge on any atom is 0.223 e. The number of nitrogens with one attached hydrogen (secondary N) is 1. The van der Waals surface area contributed by atoms with Gasteiger partial charge in [-0.05, 0) is 54.3 Å². The van der Waals surface area contributed by atoms with Crippen LogP contribution in [0.2, 0.25) is 5.02 Å². The lowest BCUT2D eigenvalue weighted by atomic mass is 9.87. The third-order valence-electron chi connectivity index (χ3n) is 5.70. The van der Waals surface area contributed by atoms with Gasteiger partial charge in [-0.15, -0.1) is 0 Å². The van der Waals surface area contributed by atoms with Crippen molar-refractivity contribution in [3.05, 3.63) is 58.7 Å². The fourth-order valence-corrected chi connectivity index (χ4v) is 4.32. The predicted octanol–water partition coefficient (Wildman–Crippen LogP) is 4.98. The molecule has 2 aromatic carbocycles. The van der Waals surface area contributed by atoms with Crippen molar-refractivity contribution in [1.82, 2.24) is 9.88 Å². The fourth-order valence-electron chi connectivity index (χ4n) is 4.15. The van der Waals surface area contributed by atoms with Crippen LogP contribution in [0.25, 0.3) is 10.9 Å². The average Bonchev–Trinajstić information content (AvgIpc) is 3.41. The lowest BCUT2D eigenvalue weighted by molar-refractivity contribution is -0.130. The van der Waals surface area contributed by atoms with Crippen molar-refractivity contribution in [2.45, 2.75) is 25.2 Å². The molecule has 6 heteroatoms. The Balaban J connectivity index is 1.78. The Bertz CT molecular complexity index is 1020. The normalized spacial score (nSPS) is 14.9. The lowest BCUT2D eigenvalue weighted by Crippen LogP contribution is -2.29. The number of aromatic nitrogens is 1. The first-order valence-corrected chi connectivity index (χ1v) is 10.2. The number of hydrogen-bond acceptors (Lipinski definition) is 3. The number of likely N-dealkylation sites (tertiary alicyclic amines) is 1. The Morgan fingerprint density at radius 1 is 1.10 bits per heavy atom. The molecule has 1 N–H and O–H groups in total. The summed E-state index contributed by atoms with van der Waals surface area (Å²) in [4.78, 5) is 18.3. The van der Waals surface area contributed by atoms with Crippen LogP contribution in [0.3, 0.4) is 0 Å². The molecule has 1 atom stereocenters. The van der Waals surface area contributed by atoms with E-state index in [1.54, 1.807) is 14.2 Å². The van der Waals surface area contributed by atoms with Gasteiger partial charge in [0.1, 0.15) is 0 Å². The molecule has 1 aliphatic heterocycles. The Hall–Kier alpha value is -2.66. The van der Waals surface area contributed by atoms with E-state index in [1.807, 2.05) is 47.5 Å². The summed E-state index contributed by atoms with van der Waals surface area (Å²) in [5.74, 6) is 1.39. The third-order valence-corrected chi connectivity index (χ3v) is 5.93. The monoisotopic (exact) mass is 412 g/mol. The van der Waals surface area contributed by atoms with Crippen molar-refractivity contribution in [3.8, 4) is 11.5 Å². The minimum Gasteiger partial charge on any atom is -0.493 e. The molecule has 3 aromatic rings. The van der Waals surface area contributed by atoms with Gasteiger partial charge in [-0.25, -0.2) is 0 Å². The zero-order valence-corrected chi connectivity index (χ0v) is 17.5. The van der Waals surface area contributed by atoms with Crippen LogP contribution in [0, 0.1) is 0 Å². The van der Waals surface area contributed by atoms with E-state index < -0.39 is 0 Å². The number of ether oxygens (including phenoxy) is 2. The molecule has 0 unspecified atom stereocenters. The van der Waals surface area contributed by atoms with Crippen LogP contribution in [-0.4, -0.2) is 43.1 Å². The van der Waals surface area contributed by atoms with Crippen LogP contribution < -0.4 is 9.47 Å². The molecule has 1 saturated heterocycles. The minimum absolute atomic E-state index is 0.116. The predicted molar refractivity (Wildman–Crippen MR) is 115 cm³/mol. The summed E-state index contributed by atoms with van der Waals surface area (Å²) >= 11 is 6.27. The zero-order chi connectivity index (χ0) is 20.4. The highest BCUT2D eigenvalue weighted by Crippen LogP contribution is 2.38. The zero-order valence-electron chi connectivity index (χ0n) is 16.7. The van der Waals surface area contributed by atoms with Gasteiger partial charge in [0.25, 0.3) is 0 Å². The number of amides is 1. The molecule has 152 valence electrons. The first-order valence-electron chi connectivity index (χ1n) is 9.87. The summed E-state index contributed by atoms with van der Waals surface area (Å²) < 4.78 is 10.9. The van der Waals surface area contributed by atoms with Gasteiger partial charge in [0, 0.05) is 47.6 Å². The molecule has 29 heavy (non-hydrogen) atoms. The van der Waals surface area contributed by atoms with Crippen LogP contribution >= 0.6 is 11.6 Å². The molecule has 1 amide bonds. The molecule has 0 bridgehead atoms. The molecule has 0 spiro atoms. The second kappa shape index (κ2) is 8.37. The topological polar surface area (TPSA) is 54.6 Å². The highest BCUT2D eigenvalue weighted by Gasteiger charge is 2.26. The Morgan fingerprint density at radius 3 is 2.59 bits per heavy atom. The summed E-state index contributed by atoms with van der Waals surface area (Å²) in [6.45, 7) is 1.69. The lowest BCUT2D eigenvalue weighted by Gasteiger charge is -2.22. The van der Waals surface area contributed by atoms with Crippen LogP contribution in [0.5, 0.6) is 11.5 Å². The molecule has 0 saturated carbocycles. The van der Waals surface area contributed by atoms with E-state index in [1.165, 1.54) is 0 Å². The number of H-pyrrole nitrogens is 1. The smallest absolute Gasteiger partial charge is 0.223 e. The Labute approximate surface area is 175 Å². The third kappa shape index (κ3) is 3.92. The van der Waals surface area contributed by atoms with Gasteiger partial charge in [-0.2, -0.15) is 0 Å². The fraction of sp³-hybridized carbons (Fsp3) is 0.348. The van der Waals surface area contributed by atoms with Crippen LogP contribution in [-0.2, 0) is 4.79 Å². The molecule has 4 rings (SSSR count). The van der Waals surface area contributed by atoms with Gasteiger partial charge < -0.3 is 19.4 Å².